The van der Waals surface area contributed by atoms with Gasteiger partial charge in [0, 0.05) is 22.2 Å². The molecule has 0 saturated heterocycles. The Kier molecular flexibility index (Phi) is 7.39. The summed E-state index contributed by atoms with van der Waals surface area (Å²) >= 11 is 7.09. The van der Waals surface area contributed by atoms with Gasteiger partial charge in [0.25, 0.3) is 0 Å². The number of allylic oxidation sites excluding steroid dienone is 2. The number of rotatable bonds is 7. The lowest BCUT2D eigenvalue weighted by Gasteiger charge is -2.09. The lowest BCUT2D eigenvalue weighted by molar-refractivity contribution is -0.116. The van der Waals surface area contributed by atoms with Crippen LogP contribution in [0.5, 0.6) is 0 Å². The Morgan fingerprint density at radius 2 is 1.81 bits per heavy atom. The highest BCUT2D eigenvalue weighted by Crippen LogP contribution is 2.36. The predicted octanol–water partition coefficient (Wildman–Crippen LogP) is 6.27. The minimum Gasteiger partial charge on any atom is -0.478 e. The van der Waals surface area contributed by atoms with Crippen molar-refractivity contribution in [1.29, 1.82) is 0 Å². The molecule has 0 aliphatic rings. The predicted molar refractivity (Wildman–Crippen MR) is 128 cm³/mol. The zero-order valence-corrected chi connectivity index (χ0v) is 18.6. The lowest BCUT2D eigenvalue weighted by atomic mass is 10.0. The summed E-state index contributed by atoms with van der Waals surface area (Å²) in [4.78, 5) is 28.9. The molecule has 0 saturated carbocycles. The molecule has 1 amide bonds. The highest BCUT2D eigenvalue weighted by molar-refractivity contribution is 7.15. The summed E-state index contributed by atoms with van der Waals surface area (Å²) in [6.45, 7) is 3.57. The van der Waals surface area contributed by atoms with Crippen molar-refractivity contribution in [3.63, 3.8) is 0 Å². The van der Waals surface area contributed by atoms with E-state index in [0.29, 0.717) is 16.1 Å². The SMILES string of the molecule is C/C=C(\C=NC(C)C(=O)Nc1scc(-c2ccc(Cl)cc2)c1C(=O)O)c1ccccc1. The van der Waals surface area contributed by atoms with Gasteiger partial charge in [-0.05, 0) is 42.7 Å². The van der Waals surface area contributed by atoms with E-state index in [-0.39, 0.29) is 16.5 Å². The lowest BCUT2D eigenvalue weighted by Crippen LogP contribution is -2.24. The van der Waals surface area contributed by atoms with Gasteiger partial charge in [-0.2, -0.15) is 0 Å². The van der Waals surface area contributed by atoms with E-state index in [1.54, 1.807) is 42.8 Å². The molecule has 1 unspecified atom stereocenters. The summed E-state index contributed by atoms with van der Waals surface area (Å²) in [6.07, 6.45) is 3.58. The van der Waals surface area contributed by atoms with Crippen LogP contribution in [-0.2, 0) is 4.79 Å². The molecule has 1 aromatic heterocycles. The monoisotopic (exact) mass is 452 g/mol. The summed E-state index contributed by atoms with van der Waals surface area (Å²) in [7, 11) is 0. The number of hydrogen-bond donors (Lipinski definition) is 2. The molecule has 1 atom stereocenters. The van der Waals surface area contributed by atoms with Crippen LogP contribution < -0.4 is 5.32 Å². The number of aliphatic imine (C=N–C) groups is 1. The van der Waals surface area contributed by atoms with Crippen molar-refractivity contribution in [2.75, 3.05) is 5.32 Å². The number of hydrogen-bond acceptors (Lipinski definition) is 4. The molecule has 7 heteroatoms. The van der Waals surface area contributed by atoms with Crippen LogP contribution in [0.4, 0.5) is 5.00 Å². The fraction of sp³-hybridized carbons (Fsp3) is 0.125. The van der Waals surface area contributed by atoms with Crippen molar-refractivity contribution in [3.8, 4) is 11.1 Å². The molecule has 1 heterocycles. The number of carboxylic acids is 1. The molecular formula is C24H21ClN2O3S. The molecule has 0 spiro atoms. The summed E-state index contributed by atoms with van der Waals surface area (Å²) in [5, 5.41) is 15.0. The van der Waals surface area contributed by atoms with Gasteiger partial charge in [0.15, 0.2) is 0 Å². The van der Waals surface area contributed by atoms with E-state index in [0.717, 1.165) is 11.1 Å². The van der Waals surface area contributed by atoms with Crippen molar-refractivity contribution < 1.29 is 14.7 Å². The minimum absolute atomic E-state index is 0.0512. The van der Waals surface area contributed by atoms with Crippen LogP contribution in [0.15, 0.2) is 71.0 Å². The number of nitrogens with zero attached hydrogens (tertiary/aromatic N) is 1. The third kappa shape index (κ3) is 5.48. The summed E-state index contributed by atoms with van der Waals surface area (Å²) in [6, 6.07) is 15.9. The van der Waals surface area contributed by atoms with Crippen LogP contribution in [0.2, 0.25) is 5.02 Å². The maximum Gasteiger partial charge on any atom is 0.339 e. The second-order valence-electron chi connectivity index (χ2n) is 6.72. The van der Waals surface area contributed by atoms with E-state index in [1.165, 1.54) is 11.3 Å². The average Bonchev–Trinajstić information content (AvgIpc) is 3.19. The maximum absolute atomic E-state index is 12.7. The highest BCUT2D eigenvalue weighted by Gasteiger charge is 2.22. The molecule has 3 aromatic rings. The van der Waals surface area contributed by atoms with Gasteiger partial charge in [0.2, 0.25) is 5.91 Å². The molecule has 0 aliphatic heterocycles. The number of thiophene rings is 1. The van der Waals surface area contributed by atoms with Crippen molar-refractivity contribution in [2.24, 2.45) is 4.99 Å². The quantitative estimate of drug-likeness (QED) is 0.415. The van der Waals surface area contributed by atoms with Crippen LogP contribution in [0.25, 0.3) is 16.7 Å². The van der Waals surface area contributed by atoms with Gasteiger partial charge in [0.1, 0.15) is 16.6 Å². The molecule has 2 aromatic carbocycles. The fourth-order valence-electron chi connectivity index (χ4n) is 2.93. The van der Waals surface area contributed by atoms with E-state index in [1.807, 2.05) is 43.3 Å². The third-order valence-corrected chi connectivity index (χ3v) is 5.78. The van der Waals surface area contributed by atoms with Gasteiger partial charge in [-0.15, -0.1) is 11.3 Å². The smallest absolute Gasteiger partial charge is 0.339 e. The van der Waals surface area contributed by atoms with Crippen molar-refractivity contribution in [1.82, 2.24) is 0 Å². The van der Waals surface area contributed by atoms with E-state index < -0.39 is 12.0 Å². The molecule has 0 bridgehead atoms. The standard InChI is InChI=1S/C24H21ClN2O3S/c1-3-16(17-7-5-4-6-8-17)13-26-15(2)22(28)27-23-21(24(29)30)20(14-31-23)18-9-11-19(25)12-10-18/h3-15H,1-2H3,(H,27,28)(H,29,30)/b16-3+,26-13?. The third-order valence-electron chi connectivity index (χ3n) is 4.63. The first-order valence-corrected chi connectivity index (χ1v) is 10.8. The number of nitrogens with one attached hydrogen (secondary N) is 1. The number of aromatic carboxylic acids is 1. The van der Waals surface area contributed by atoms with Crippen LogP contribution in [0, 0.1) is 0 Å². The van der Waals surface area contributed by atoms with E-state index >= 15 is 0 Å². The zero-order chi connectivity index (χ0) is 22.4. The number of halogens is 1. The van der Waals surface area contributed by atoms with Crippen molar-refractivity contribution in [2.45, 2.75) is 19.9 Å². The van der Waals surface area contributed by atoms with Gasteiger partial charge in [0.05, 0.1) is 0 Å². The zero-order valence-electron chi connectivity index (χ0n) is 17.0. The first-order chi connectivity index (χ1) is 14.9. The molecule has 31 heavy (non-hydrogen) atoms. The normalized spacial score (nSPS) is 12.7. The number of carbonyl (C=O) groups excluding carboxylic acids is 1. The van der Waals surface area contributed by atoms with Gasteiger partial charge in [-0.25, -0.2) is 4.79 Å². The molecule has 0 aliphatic carbocycles. The second-order valence-corrected chi connectivity index (χ2v) is 8.04. The first-order valence-electron chi connectivity index (χ1n) is 9.57. The van der Waals surface area contributed by atoms with E-state index in [9.17, 15) is 14.7 Å². The Bertz CT molecular complexity index is 1140. The molecule has 2 N–H and O–H groups in total. The summed E-state index contributed by atoms with van der Waals surface area (Å²) < 4.78 is 0. The fourth-order valence-corrected chi connectivity index (χ4v) is 4.02. The maximum atomic E-state index is 12.7. The van der Waals surface area contributed by atoms with Gasteiger partial charge >= 0.3 is 5.97 Å². The van der Waals surface area contributed by atoms with Crippen LogP contribution in [0.1, 0.15) is 29.8 Å². The summed E-state index contributed by atoms with van der Waals surface area (Å²) in [5.74, 6) is -1.50. The van der Waals surface area contributed by atoms with Gasteiger partial charge < -0.3 is 10.4 Å². The first kappa shape index (κ1) is 22.5. The van der Waals surface area contributed by atoms with Crippen LogP contribution in [-0.4, -0.2) is 29.2 Å². The number of anilines is 1. The molecule has 0 fully saturated rings. The Labute approximate surface area is 189 Å². The minimum atomic E-state index is -1.11. The molecule has 3 rings (SSSR count). The Balaban J connectivity index is 1.78. The molecule has 5 nitrogen and oxygen atoms in total. The van der Waals surface area contributed by atoms with E-state index in [4.69, 9.17) is 11.6 Å². The molecule has 0 radical (unpaired) electrons. The van der Waals surface area contributed by atoms with Crippen LogP contribution in [0.3, 0.4) is 0 Å². The Morgan fingerprint density at radius 3 is 2.42 bits per heavy atom. The largest absolute Gasteiger partial charge is 0.478 e. The topological polar surface area (TPSA) is 78.8 Å². The molecular weight excluding hydrogens is 432 g/mol. The highest BCUT2D eigenvalue weighted by atomic mass is 35.5. The number of amides is 1. The van der Waals surface area contributed by atoms with Gasteiger partial charge in [-0.3, -0.25) is 9.79 Å². The summed E-state index contributed by atoms with van der Waals surface area (Å²) in [5.41, 5.74) is 3.19. The van der Waals surface area contributed by atoms with Gasteiger partial charge in [-0.1, -0.05) is 60.1 Å². The van der Waals surface area contributed by atoms with Crippen LogP contribution >= 0.6 is 22.9 Å². The Hall–Kier alpha value is -3.22. The second kappa shape index (κ2) is 10.2. The molecule has 158 valence electrons. The number of carboxylic acid groups (broad SMARTS) is 1. The van der Waals surface area contributed by atoms with Crippen molar-refractivity contribution >= 4 is 51.6 Å². The number of carbonyl (C=O) groups is 2. The Morgan fingerprint density at radius 1 is 1.13 bits per heavy atom. The average molecular weight is 453 g/mol. The van der Waals surface area contributed by atoms with Crippen molar-refractivity contribution in [3.05, 3.63) is 82.2 Å². The van der Waals surface area contributed by atoms with E-state index in [2.05, 4.69) is 10.3 Å². The number of benzene rings is 2.